The van der Waals surface area contributed by atoms with E-state index in [1.165, 1.54) is 12.4 Å². The summed E-state index contributed by atoms with van der Waals surface area (Å²) in [7, 11) is 0. The van der Waals surface area contributed by atoms with E-state index in [9.17, 15) is 13.2 Å². The first-order chi connectivity index (χ1) is 9.92. The number of hydrogen-bond donors (Lipinski definition) is 2. The van der Waals surface area contributed by atoms with Crippen molar-refractivity contribution in [3.8, 4) is 11.1 Å². The van der Waals surface area contributed by atoms with E-state index < -0.39 is 19.3 Å². The van der Waals surface area contributed by atoms with Gasteiger partial charge in [0.05, 0.1) is 12.2 Å². The summed E-state index contributed by atoms with van der Waals surface area (Å²) in [6.07, 6.45) is -1.34. The van der Waals surface area contributed by atoms with E-state index in [-0.39, 0.29) is 17.4 Å². The lowest BCUT2D eigenvalue weighted by molar-refractivity contribution is -0.119. The molecule has 0 saturated carbocycles. The first-order valence-corrected chi connectivity index (χ1v) is 6.78. The number of aromatic nitrogens is 2. The molecule has 9 heteroatoms. The van der Waals surface area contributed by atoms with Crippen molar-refractivity contribution >= 4 is 22.4 Å². The second-order valence-corrected chi connectivity index (χ2v) is 5.00. The molecule has 0 bridgehead atoms. The maximum Gasteiger partial charge on any atom is 0.405 e. The third-order valence-corrected chi connectivity index (χ3v) is 3.62. The molecule has 0 fully saturated rings. The number of aliphatic hydroxyl groups is 1. The Morgan fingerprint density at radius 1 is 1.29 bits per heavy atom. The summed E-state index contributed by atoms with van der Waals surface area (Å²) in [4.78, 5) is 4.90. The lowest BCUT2D eigenvalue weighted by atomic mass is 10.1. The third-order valence-electron chi connectivity index (χ3n) is 2.70. The molecule has 0 aliphatic carbocycles. The standard InChI is InChI=1S/C12H13F3N4OS/c13-12(14,15)7-19(5-6-20)11-9(10(16)18-21-11)8-1-3-17-4-2-8/h1-4,20H,5-7H2,(H2,16,18). The monoisotopic (exact) mass is 318 g/mol. The van der Waals surface area contributed by atoms with E-state index in [1.54, 1.807) is 12.1 Å². The average molecular weight is 318 g/mol. The topological polar surface area (TPSA) is 75.3 Å². The Bertz CT molecular complexity index is 588. The summed E-state index contributed by atoms with van der Waals surface area (Å²) in [6, 6.07) is 3.29. The van der Waals surface area contributed by atoms with Crippen LogP contribution in [0.1, 0.15) is 0 Å². The van der Waals surface area contributed by atoms with Gasteiger partial charge in [0.15, 0.2) is 0 Å². The van der Waals surface area contributed by atoms with Crippen LogP contribution in [0.3, 0.4) is 0 Å². The van der Waals surface area contributed by atoms with Gasteiger partial charge in [0.1, 0.15) is 17.4 Å². The van der Waals surface area contributed by atoms with Gasteiger partial charge in [-0.05, 0) is 29.2 Å². The van der Waals surface area contributed by atoms with Crippen LogP contribution in [-0.4, -0.2) is 40.3 Å². The number of alkyl halides is 3. The van der Waals surface area contributed by atoms with E-state index in [4.69, 9.17) is 10.8 Å². The lowest BCUT2D eigenvalue weighted by Crippen LogP contribution is -2.36. The van der Waals surface area contributed by atoms with Crippen LogP contribution in [0.4, 0.5) is 24.0 Å². The van der Waals surface area contributed by atoms with Crippen molar-refractivity contribution in [3.63, 3.8) is 0 Å². The van der Waals surface area contributed by atoms with Gasteiger partial charge in [-0.3, -0.25) is 4.98 Å². The Kier molecular flexibility index (Phi) is 4.63. The number of rotatable bonds is 5. The van der Waals surface area contributed by atoms with Crippen LogP contribution in [-0.2, 0) is 0 Å². The first-order valence-electron chi connectivity index (χ1n) is 6.00. The third kappa shape index (κ3) is 3.82. The van der Waals surface area contributed by atoms with Gasteiger partial charge in [-0.25, -0.2) is 0 Å². The average Bonchev–Trinajstić information content (AvgIpc) is 2.80. The van der Waals surface area contributed by atoms with Gasteiger partial charge in [-0.1, -0.05) is 0 Å². The fourth-order valence-corrected chi connectivity index (χ4v) is 2.75. The van der Waals surface area contributed by atoms with E-state index in [0.717, 1.165) is 16.4 Å². The molecule has 0 aliphatic heterocycles. The molecular weight excluding hydrogens is 305 g/mol. The molecule has 5 nitrogen and oxygen atoms in total. The van der Waals surface area contributed by atoms with Crippen LogP contribution in [0.15, 0.2) is 24.5 Å². The number of hydrogen-bond acceptors (Lipinski definition) is 6. The van der Waals surface area contributed by atoms with Crippen molar-refractivity contribution in [2.75, 3.05) is 30.3 Å². The normalized spacial score (nSPS) is 11.6. The van der Waals surface area contributed by atoms with Gasteiger partial charge in [-0.15, -0.1) is 0 Å². The molecule has 2 aromatic heterocycles. The minimum absolute atomic E-state index is 0.154. The van der Waals surface area contributed by atoms with Crippen molar-refractivity contribution in [3.05, 3.63) is 24.5 Å². The summed E-state index contributed by atoms with van der Waals surface area (Å²) >= 11 is 0.879. The summed E-state index contributed by atoms with van der Waals surface area (Å²) < 4.78 is 42.0. The first kappa shape index (κ1) is 15.5. The second-order valence-electron chi connectivity index (χ2n) is 4.24. The molecule has 21 heavy (non-hydrogen) atoms. The van der Waals surface area contributed by atoms with E-state index in [1.807, 2.05) is 0 Å². The Balaban J connectivity index is 2.42. The number of aliphatic hydroxyl groups excluding tert-OH is 1. The second kappa shape index (κ2) is 6.27. The molecule has 2 aromatic rings. The molecule has 0 aromatic carbocycles. The van der Waals surface area contributed by atoms with Crippen LogP contribution >= 0.6 is 11.5 Å². The van der Waals surface area contributed by atoms with Crippen LogP contribution in [0.5, 0.6) is 0 Å². The highest BCUT2D eigenvalue weighted by atomic mass is 32.1. The maximum absolute atomic E-state index is 12.7. The zero-order chi connectivity index (χ0) is 15.5. The zero-order valence-corrected chi connectivity index (χ0v) is 11.7. The molecule has 0 saturated heterocycles. The summed E-state index contributed by atoms with van der Waals surface area (Å²) in [5.74, 6) is 0.159. The van der Waals surface area contributed by atoms with E-state index in [2.05, 4.69) is 9.36 Å². The Morgan fingerprint density at radius 3 is 2.52 bits per heavy atom. The fourth-order valence-electron chi connectivity index (χ4n) is 1.89. The summed E-state index contributed by atoms with van der Waals surface area (Å²) in [5, 5.41) is 9.28. The number of nitrogens with zero attached hydrogens (tertiary/aromatic N) is 3. The van der Waals surface area contributed by atoms with Crippen LogP contribution < -0.4 is 10.6 Å². The molecule has 2 heterocycles. The highest BCUT2D eigenvalue weighted by Crippen LogP contribution is 2.39. The van der Waals surface area contributed by atoms with Gasteiger partial charge < -0.3 is 15.7 Å². The van der Waals surface area contributed by atoms with Crippen molar-refractivity contribution in [2.24, 2.45) is 0 Å². The van der Waals surface area contributed by atoms with Crippen LogP contribution in [0.2, 0.25) is 0 Å². The van der Waals surface area contributed by atoms with Crippen LogP contribution in [0.25, 0.3) is 11.1 Å². The molecule has 0 unspecified atom stereocenters. The number of nitrogen functional groups attached to an aromatic ring is 1. The SMILES string of the molecule is Nc1nsc(N(CCO)CC(F)(F)F)c1-c1ccncc1. The molecule has 0 spiro atoms. The number of nitrogens with two attached hydrogens (primary N) is 1. The maximum atomic E-state index is 12.7. The summed E-state index contributed by atoms with van der Waals surface area (Å²) in [5.41, 5.74) is 6.85. The number of halogens is 3. The van der Waals surface area contributed by atoms with Crippen LogP contribution in [0, 0.1) is 0 Å². The largest absolute Gasteiger partial charge is 0.405 e. The van der Waals surface area contributed by atoms with Gasteiger partial charge in [0.2, 0.25) is 0 Å². The zero-order valence-electron chi connectivity index (χ0n) is 10.8. The minimum Gasteiger partial charge on any atom is -0.395 e. The van der Waals surface area contributed by atoms with Gasteiger partial charge in [0, 0.05) is 18.9 Å². The lowest BCUT2D eigenvalue weighted by Gasteiger charge is -2.24. The Hall–Kier alpha value is -1.87. The number of pyridine rings is 1. The van der Waals surface area contributed by atoms with E-state index in [0.29, 0.717) is 11.1 Å². The minimum atomic E-state index is -4.39. The molecule has 0 amide bonds. The fraction of sp³-hybridized carbons (Fsp3) is 0.333. The summed E-state index contributed by atoms with van der Waals surface area (Å²) in [6.45, 7) is -1.73. The number of anilines is 2. The van der Waals surface area contributed by atoms with Crippen molar-refractivity contribution < 1.29 is 18.3 Å². The predicted octanol–water partition coefficient (Wildman–Crippen LogP) is 2.15. The van der Waals surface area contributed by atoms with Gasteiger partial charge in [0.25, 0.3) is 0 Å². The quantitative estimate of drug-likeness (QED) is 0.883. The molecule has 3 N–H and O–H groups in total. The highest BCUT2D eigenvalue weighted by molar-refractivity contribution is 7.11. The van der Waals surface area contributed by atoms with Gasteiger partial charge >= 0.3 is 6.18 Å². The molecular formula is C12H13F3N4OS. The van der Waals surface area contributed by atoms with Crippen molar-refractivity contribution in [2.45, 2.75) is 6.18 Å². The molecule has 2 rings (SSSR count). The Labute approximate surface area is 123 Å². The molecule has 114 valence electrons. The molecule has 0 atom stereocenters. The molecule has 0 aliphatic rings. The predicted molar refractivity (Wildman–Crippen MR) is 75.1 cm³/mol. The van der Waals surface area contributed by atoms with Crippen molar-refractivity contribution in [1.29, 1.82) is 0 Å². The van der Waals surface area contributed by atoms with E-state index >= 15 is 0 Å². The highest BCUT2D eigenvalue weighted by Gasteiger charge is 2.33. The molecule has 0 radical (unpaired) electrons. The van der Waals surface area contributed by atoms with Crippen molar-refractivity contribution in [1.82, 2.24) is 9.36 Å². The smallest absolute Gasteiger partial charge is 0.395 e. The van der Waals surface area contributed by atoms with Gasteiger partial charge in [-0.2, -0.15) is 17.5 Å². The Morgan fingerprint density at radius 2 is 1.95 bits per heavy atom.